The molecule has 1 heteroatoms. The summed E-state index contributed by atoms with van der Waals surface area (Å²) in [5.41, 5.74) is 0. The number of allylic oxidation sites excluding steroid dienone is 4. The number of hydrogen-bond acceptors (Lipinski definition) is 1. The smallest absolute Gasteiger partial charge is 0.143 e. The lowest BCUT2D eigenvalue weighted by atomic mass is 10.4. The molecule has 0 unspecified atom stereocenters. The highest BCUT2D eigenvalue weighted by Crippen LogP contribution is 1.65. The van der Waals surface area contributed by atoms with Gasteiger partial charge in [0.1, 0.15) is 6.29 Å². The van der Waals surface area contributed by atoms with Crippen LogP contribution in [0.1, 0.15) is 6.92 Å². The van der Waals surface area contributed by atoms with Crippen LogP contribution < -0.4 is 0 Å². The largest absolute Gasteiger partial charge is 0.299 e. The maximum atomic E-state index is 9.74. The van der Waals surface area contributed by atoms with Crippen molar-refractivity contribution in [3.8, 4) is 23.7 Å². The van der Waals surface area contributed by atoms with Crippen LogP contribution in [0.2, 0.25) is 0 Å². The standard InChI is InChI=1S/C10H8O/c1-2-3-4-5-6-7-8-9-10-11/h2-3,8-10H,1H3/b3-2-,9-8+. The Morgan fingerprint density at radius 2 is 1.73 bits per heavy atom. The summed E-state index contributed by atoms with van der Waals surface area (Å²) in [6, 6.07) is 0. The number of hydrogen-bond donors (Lipinski definition) is 0. The molecule has 0 saturated heterocycles. The van der Waals surface area contributed by atoms with E-state index >= 15 is 0 Å². The van der Waals surface area contributed by atoms with E-state index in [-0.39, 0.29) is 0 Å². The fourth-order valence-electron chi connectivity index (χ4n) is 0.326. The monoisotopic (exact) mass is 144 g/mol. The van der Waals surface area contributed by atoms with Crippen molar-refractivity contribution in [3.63, 3.8) is 0 Å². The third-order valence-electron chi connectivity index (χ3n) is 0.715. The molecular weight excluding hydrogens is 136 g/mol. The summed E-state index contributed by atoms with van der Waals surface area (Å²) in [4.78, 5) is 9.74. The minimum atomic E-state index is 0.675. The molecule has 1 nitrogen and oxygen atoms in total. The van der Waals surface area contributed by atoms with E-state index in [1.807, 2.05) is 13.0 Å². The molecule has 0 spiro atoms. The molecule has 0 rings (SSSR count). The van der Waals surface area contributed by atoms with Gasteiger partial charge in [-0.25, -0.2) is 0 Å². The first-order chi connectivity index (χ1) is 5.41. The van der Waals surface area contributed by atoms with Gasteiger partial charge < -0.3 is 0 Å². The van der Waals surface area contributed by atoms with Crippen LogP contribution in [0.3, 0.4) is 0 Å². The van der Waals surface area contributed by atoms with Crippen molar-refractivity contribution in [2.45, 2.75) is 6.92 Å². The van der Waals surface area contributed by atoms with E-state index in [4.69, 9.17) is 0 Å². The van der Waals surface area contributed by atoms with E-state index in [1.165, 1.54) is 12.2 Å². The average Bonchev–Trinajstić information content (AvgIpc) is 2.03. The lowest BCUT2D eigenvalue weighted by Crippen LogP contribution is -1.56. The molecule has 0 aromatic rings. The summed E-state index contributed by atoms with van der Waals surface area (Å²) < 4.78 is 0. The zero-order valence-corrected chi connectivity index (χ0v) is 6.29. The quantitative estimate of drug-likeness (QED) is 0.308. The molecule has 0 heterocycles. The zero-order chi connectivity index (χ0) is 8.36. The van der Waals surface area contributed by atoms with E-state index in [1.54, 1.807) is 6.08 Å². The van der Waals surface area contributed by atoms with E-state index in [0.717, 1.165) is 0 Å². The lowest BCUT2D eigenvalue weighted by Gasteiger charge is -1.60. The van der Waals surface area contributed by atoms with Gasteiger partial charge in [0.25, 0.3) is 0 Å². The molecule has 0 radical (unpaired) electrons. The van der Waals surface area contributed by atoms with Crippen LogP contribution in [0.4, 0.5) is 0 Å². The number of carbonyl (C=O) groups is 1. The molecule has 0 saturated carbocycles. The van der Waals surface area contributed by atoms with Gasteiger partial charge in [-0.05, 0) is 37.0 Å². The van der Waals surface area contributed by atoms with Gasteiger partial charge >= 0.3 is 0 Å². The predicted molar refractivity (Wildman–Crippen MR) is 45.6 cm³/mol. The van der Waals surface area contributed by atoms with Crippen molar-refractivity contribution >= 4 is 6.29 Å². The predicted octanol–water partition coefficient (Wildman–Crippen LogP) is 1.32. The first-order valence-corrected chi connectivity index (χ1v) is 3.14. The molecule has 0 aliphatic carbocycles. The van der Waals surface area contributed by atoms with Gasteiger partial charge in [-0.3, -0.25) is 4.79 Å². The second kappa shape index (κ2) is 8.27. The molecule has 0 amide bonds. The average molecular weight is 144 g/mol. The summed E-state index contributed by atoms with van der Waals surface area (Å²) in [5, 5.41) is 0. The fourth-order valence-corrected chi connectivity index (χ4v) is 0.326. The van der Waals surface area contributed by atoms with Crippen LogP contribution >= 0.6 is 0 Å². The Kier molecular flexibility index (Phi) is 6.97. The Labute approximate surface area is 66.8 Å². The zero-order valence-electron chi connectivity index (χ0n) is 6.29. The normalized spacial score (nSPS) is 8.45. The third-order valence-corrected chi connectivity index (χ3v) is 0.715. The Hall–Kier alpha value is -1.73. The van der Waals surface area contributed by atoms with E-state index in [2.05, 4.69) is 23.7 Å². The molecular formula is C10H8O. The van der Waals surface area contributed by atoms with E-state index < -0.39 is 0 Å². The van der Waals surface area contributed by atoms with Gasteiger partial charge in [-0.2, -0.15) is 0 Å². The topological polar surface area (TPSA) is 17.1 Å². The summed E-state index contributed by atoms with van der Waals surface area (Å²) in [5.74, 6) is 10.4. The Balaban J connectivity index is 3.83. The van der Waals surface area contributed by atoms with Crippen molar-refractivity contribution in [3.05, 3.63) is 24.3 Å². The van der Waals surface area contributed by atoms with Crippen molar-refractivity contribution in [1.29, 1.82) is 0 Å². The number of aldehydes is 1. The van der Waals surface area contributed by atoms with Gasteiger partial charge in [0.05, 0.1) is 0 Å². The van der Waals surface area contributed by atoms with Crippen LogP contribution in [0, 0.1) is 23.7 Å². The molecule has 0 aliphatic heterocycles. The molecule has 0 bridgehead atoms. The maximum absolute atomic E-state index is 9.74. The van der Waals surface area contributed by atoms with Crippen LogP contribution in [0.25, 0.3) is 0 Å². The minimum absolute atomic E-state index is 0.675. The second-order valence-electron chi connectivity index (χ2n) is 1.53. The van der Waals surface area contributed by atoms with Crippen molar-refractivity contribution in [2.75, 3.05) is 0 Å². The first-order valence-electron chi connectivity index (χ1n) is 3.14. The number of carbonyl (C=O) groups excluding carboxylic acids is 1. The SMILES string of the molecule is C/C=C\C#CC#C/C=C/C=O. The minimum Gasteiger partial charge on any atom is -0.299 e. The van der Waals surface area contributed by atoms with Crippen LogP contribution in [0.5, 0.6) is 0 Å². The van der Waals surface area contributed by atoms with Gasteiger partial charge in [0.15, 0.2) is 0 Å². The van der Waals surface area contributed by atoms with Crippen LogP contribution in [0.15, 0.2) is 24.3 Å². The maximum Gasteiger partial charge on any atom is 0.143 e. The number of rotatable bonds is 1. The molecule has 0 aromatic heterocycles. The molecule has 0 fully saturated rings. The van der Waals surface area contributed by atoms with Crippen LogP contribution in [-0.4, -0.2) is 6.29 Å². The molecule has 54 valence electrons. The van der Waals surface area contributed by atoms with Crippen LogP contribution in [-0.2, 0) is 4.79 Å². The molecule has 11 heavy (non-hydrogen) atoms. The molecule has 0 aliphatic rings. The van der Waals surface area contributed by atoms with Crippen molar-refractivity contribution < 1.29 is 4.79 Å². The Morgan fingerprint density at radius 1 is 1.09 bits per heavy atom. The highest BCUT2D eigenvalue weighted by atomic mass is 16.1. The summed E-state index contributed by atoms with van der Waals surface area (Å²) in [6.07, 6.45) is 6.99. The van der Waals surface area contributed by atoms with E-state index in [9.17, 15) is 4.79 Å². The van der Waals surface area contributed by atoms with Crippen molar-refractivity contribution in [1.82, 2.24) is 0 Å². The third kappa shape index (κ3) is 8.27. The molecule has 0 N–H and O–H groups in total. The van der Waals surface area contributed by atoms with Crippen molar-refractivity contribution in [2.24, 2.45) is 0 Å². The molecule has 0 atom stereocenters. The molecule has 0 aromatic carbocycles. The van der Waals surface area contributed by atoms with Gasteiger partial charge in [-0.1, -0.05) is 17.9 Å². The summed E-state index contributed by atoms with van der Waals surface area (Å²) in [6.45, 7) is 1.88. The van der Waals surface area contributed by atoms with Gasteiger partial charge in [0, 0.05) is 0 Å². The Morgan fingerprint density at radius 3 is 2.27 bits per heavy atom. The summed E-state index contributed by atoms with van der Waals surface area (Å²) in [7, 11) is 0. The first kappa shape index (κ1) is 9.27. The van der Waals surface area contributed by atoms with Gasteiger partial charge in [-0.15, -0.1) is 0 Å². The van der Waals surface area contributed by atoms with E-state index in [0.29, 0.717) is 6.29 Å². The Bertz CT molecular complexity index is 273. The highest BCUT2D eigenvalue weighted by Gasteiger charge is 1.57. The van der Waals surface area contributed by atoms with Gasteiger partial charge in [0.2, 0.25) is 0 Å². The fraction of sp³-hybridized carbons (Fsp3) is 0.100. The lowest BCUT2D eigenvalue weighted by molar-refractivity contribution is -0.104. The highest BCUT2D eigenvalue weighted by molar-refractivity contribution is 5.65. The second-order valence-corrected chi connectivity index (χ2v) is 1.53. The summed E-state index contributed by atoms with van der Waals surface area (Å²) >= 11 is 0.